The molecule has 172 valence electrons. The van der Waals surface area contributed by atoms with E-state index in [9.17, 15) is 19.5 Å². The van der Waals surface area contributed by atoms with Crippen LogP contribution in [0.1, 0.15) is 58.7 Å². The highest BCUT2D eigenvalue weighted by Crippen LogP contribution is 2.27. The summed E-state index contributed by atoms with van der Waals surface area (Å²) in [4.78, 5) is 39.5. The fourth-order valence-electron chi connectivity index (χ4n) is 2.81. The van der Waals surface area contributed by atoms with Crippen molar-refractivity contribution >= 4 is 17.9 Å². The average molecular weight is 434 g/mol. The van der Waals surface area contributed by atoms with Gasteiger partial charge in [-0.2, -0.15) is 0 Å². The SMILES string of the molecule is C=CCN(C(=O)CNC(=O)OC(C)(C)C)C(C(=O)NC(C)(C)C)c1ccc(O)c(C)c1. The zero-order chi connectivity index (χ0) is 24.0. The van der Waals surface area contributed by atoms with Gasteiger partial charge >= 0.3 is 6.09 Å². The number of rotatable bonds is 7. The summed E-state index contributed by atoms with van der Waals surface area (Å²) < 4.78 is 5.17. The number of nitrogens with one attached hydrogen (secondary N) is 2. The summed E-state index contributed by atoms with van der Waals surface area (Å²) in [6.45, 7) is 15.8. The molecular formula is C23H35N3O5. The second-order valence-corrected chi connectivity index (χ2v) is 9.38. The molecule has 1 atom stereocenters. The highest BCUT2D eigenvalue weighted by molar-refractivity contribution is 5.91. The van der Waals surface area contributed by atoms with Crippen LogP contribution in [0.25, 0.3) is 0 Å². The molecule has 0 heterocycles. The van der Waals surface area contributed by atoms with E-state index in [0.29, 0.717) is 11.1 Å². The highest BCUT2D eigenvalue weighted by Gasteiger charge is 2.33. The Labute approximate surface area is 184 Å². The Hall–Kier alpha value is -3.03. The summed E-state index contributed by atoms with van der Waals surface area (Å²) in [5.41, 5.74) is -0.126. The predicted molar refractivity (Wildman–Crippen MR) is 120 cm³/mol. The molecule has 1 aromatic rings. The average Bonchev–Trinajstić information content (AvgIpc) is 2.59. The summed E-state index contributed by atoms with van der Waals surface area (Å²) in [5, 5.41) is 15.2. The molecule has 0 saturated heterocycles. The molecule has 0 radical (unpaired) electrons. The zero-order valence-electron chi connectivity index (χ0n) is 19.5. The van der Waals surface area contributed by atoms with Crippen LogP contribution < -0.4 is 10.6 Å². The van der Waals surface area contributed by atoms with E-state index in [-0.39, 0.29) is 24.7 Å². The predicted octanol–water partition coefficient (Wildman–Crippen LogP) is 3.20. The summed E-state index contributed by atoms with van der Waals surface area (Å²) in [6.07, 6.45) is 0.784. The Morgan fingerprint density at radius 2 is 1.81 bits per heavy atom. The Kier molecular flexibility index (Phi) is 8.66. The van der Waals surface area contributed by atoms with Gasteiger partial charge in [0.25, 0.3) is 0 Å². The first-order valence-electron chi connectivity index (χ1n) is 10.1. The standard InChI is InChI=1S/C23H35N3O5/c1-9-12-26(18(28)14-24-21(30)31-23(6,7)8)19(20(29)25-22(3,4)5)16-10-11-17(27)15(2)13-16/h9-11,13,19,27H,1,12,14H2,2-8H3,(H,24,30)(H,25,29). The van der Waals surface area contributed by atoms with Crippen molar-refractivity contribution in [1.29, 1.82) is 0 Å². The molecule has 1 aromatic carbocycles. The van der Waals surface area contributed by atoms with E-state index in [0.717, 1.165) is 0 Å². The third-order valence-electron chi connectivity index (χ3n) is 4.02. The van der Waals surface area contributed by atoms with Crippen LogP contribution in [-0.4, -0.2) is 52.1 Å². The number of hydrogen-bond acceptors (Lipinski definition) is 5. The molecule has 0 aliphatic heterocycles. The number of aromatic hydroxyl groups is 1. The monoisotopic (exact) mass is 433 g/mol. The third-order valence-corrected chi connectivity index (χ3v) is 4.02. The minimum absolute atomic E-state index is 0.0803. The maximum absolute atomic E-state index is 13.2. The van der Waals surface area contributed by atoms with Crippen molar-refractivity contribution < 1.29 is 24.2 Å². The molecule has 1 rings (SSSR count). The van der Waals surface area contributed by atoms with Gasteiger partial charge in [-0.15, -0.1) is 6.58 Å². The van der Waals surface area contributed by atoms with Gasteiger partial charge in [-0.05, 0) is 71.7 Å². The minimum atomic E-state index is -0.982. The number of phenols is 1. The second kappa shape index (κ2) is 10.3. The molecular weight excluding hydrogens is 398 g/mol. The molecule has 0 aromatic heterocycles. The molecule has 0 bridgehead atoms. The van der Waals surface area contributed by atoms with E-state index in [1.165, 1.54) is 17.0 Å². The van der Waals surface area contributed by atoms with Gasteiger partial charge in [0.05, 0.1) is 0 Å². The number of ether oxygens (including phenoxy) is 1. The first-order chi connectivity index (χ1) is 14.1. The van der Waals surface area contributed by atoms with E-state index in [2.05, 4.69) is 17.2 Å². The normalized spacial score (nSPS) is 12.5. The Bertz CT molecular complexity index is 821. The summed E-state index contributed by atoms with van der Waals surface area (Å²) >= 11 is 0. The number of alkyl carbamates (subject to hydrolysis) is 1. The summed E-state index contributed by atoms with van der Waals surface area (Å²) in [6, 6.07) is 3.76. The van der Waals surface area contributed by atoms with Gasteiger partial charge in [-0.25, -0.2) is 4.79 Å². The second-order valence-electron chi connectivity index (χ2n) is 9.38. The molecule has 0 aliphatic rings. The highest BCUT2D eigenvalue weighted by atomic mass is 16.6. The zero-order valence-corrected chi connectivity index (χ0v) is 19.5. The minimum Gasteiger partial charge on any atom is -0.508 e. The lowest BCUT2D eigenvalue weighted by molar-refractivity contribution is -0.140. The molecule has 0 aliphatic carbocycles. The van der Waals surface area contributed by atoms with E-state index < -0.39 is 29.2 Å². The third kappa shape index (κ3) is 8.70. The molecule has 0 saturated carbocycles. The number of carbonyl (C=O) groups excluding carboxylic acids is 3. The number of aryl methyl sites for hydroxylation is 1. The van der Waals surface area contributed by atoms with Crippen molar-refractivity contribution in [3.05, 3.63) is 42.0 Å². The summed E-state index contributed by atoms with van der Waals surface area (Å²) in [7, 11) is 0. The fraction of sp³-hybridized carbons (Fsp3) is 0.522. The van der Waals surface area contributed by atoms with Crippen molar-refractivity contribution in [2.24, 2.45) is 0 Å². The molecule has 0 fully saturated rings. The molecule has 8 nitrogen and oxygen atoms in total. The Morgan fingerprint density at radius 3 is 2.29 bits per heavy atom. The van der Waals surface area contributed by atoms with Crippen molar-refractivity contribution in [1.82, 2.24) is 15.5 Å². The first kappa shape index (κ1) is 26.0. The first-order valence-corrected chi connectivity index (χ1v) is 10.1. The van der Waals surface area contributed by atoms with Crippen LogP contribution in [0.15, 0.2) is 30.9 Å². The molecule has 8 heteroatoms. The quantitative estimate of drug-likeness (QED) is 0.573. The number of nitrogens with zero attached hydrogens (tertiary/aromatic N) is 1. The molecule has 0 spiro atoms. The number of carbonyl (C=O) groups is 3. The number of phenolic OH excluding ortho intramolecular Hbond substituents is 1. The maximum Gasteiger partial charge on any atom is 0.408 e. The molecule has 3 N–H and O–H groups in total. The van der Waals surface area contributed by atoms with Gasteiger partial charge in [0, 0.05) is 12.1 Å². The lowest BCUT2D eigenvalue weighted by Crippen LogP contribution is -2.51. The van der Waals surface area contributed by atoms with Crippen LogP contribution in [0, 0.1) is 6.92 Å². The van der Waals surface area contributed by atoms with E-state index in [1.54, 1.807) is 39.8 Å². The maximum atomic E-state index is 13.2. The van der Waals surface area contributed by atoms with Crippen LogP contribution >= 0.6 is 0 Å². The number of amides is 3. The lowest BCUT2D eigenvalue weighted by Gasteiger charge is -2.33. The molecule has 31 heavy (non-hydrogen) atoms. The molecule has 3 amide bonds. The van der Waals surface area contributed by atoms with Gasteiger partial charge in [0.15, 0.2) is 0 Å². The number of hydrogen-bond donors (Lipinski definition) is 3. The van der Waals surface area contributed by atoms with Gasteiger partial charge < -0.3 is 25.4 Å². The van der Waals surface area contributed by atoms with Gasteiger partial charge in [-0.1, -0.05) is 12.1 Å². The van der Waals surface area contributed by atoms with Gasteiger partial charge in [0.1, 0.15) is 23.9 Å². The van der Waals surface area contributed by atoms with Gasteiger partial charge in [0.2, 0.25) is 11.8 Å². The smallest absolute Gasteiger partial charge is 0.408 e. The largest absolute Gasteiger partial charge is 0.508 e. The number of benzene rings is 1. The van der Waals surface area contributed by atoms with Crippen LogP contribution in [0.2, 0.25) is 0 Å². The van der Waals surface area contributed by atoms with Crippen LogP contribution in [-0.2, 0) is 14.3 Å². The molecule has 1 unspecified atom stereocenters. The van der Waals surface area contributed by atoms with E-state index in [4.69, 9.17) is 4.74 Å². The van der Waals surface area contributed by atoms with Crippen LogP contribution in [0.4, 0.5) is 4.79 Å². The fourth-order valence-corrected chi connectivity index (χ4v) is 2.81. The lowest BCUT2D eigenvalue weighted by atomic mass is 9.99. The van der Waals surface area contributed by atoms with E-state index in [1.807, 2.05) is 20.8 Å². The van der Waals surface area contributed by atoms with E-state index >= 15 is 0 Å². The van der Waals surface area contributed by atoms with Crippen LogP contribution in [0.5, 0.6) is 5.75 Å². The van der Waals surface area contributed by atoms with Crippen molar-refractivity contribution in [2.45, 2.75) is 65.6 Å². The van der Waals surface area contributed by atoms with Crippen molar-refractivity contribution in [3.8, 4) is 5.75 Å². The van der Waals surface area contributed by atoms with Crippen LogP contribution in [0.3, 0.4) is 0 Å². The van der Waals surface area contributed by atoms with Gasteiger partial charge in [-0.3, -0.25) is 9.59 Å². The Morgan fingerprint density at radius 1 is 1.19 bits per heavy atom. The van der Waals surface area contributed by atoms with Crippen molar-refractivity contribution in [3.63, 3.8) is 0 Å². The Balaban J connectivity index is 3.23. The topological polar surface area (TPSA) is 108 Å². The summed E-state index contributed by atoms with van der Waals surface area (Å²) in [5.74, 6) is -0.775. The van der Waals surface area contributed by atoms with Crippen molar-refractivity contribution in [2.75, 3.05) is 13.1 Å².